The van der Waals surface area contributed by atoms with Gasteiger partial charge in [-0.2, -0.15) is 5.10 Å². The lowest BCUT2D eigenvalue weighted by atomic mass is 10.0. The van der Waals surface area contributed by atoms with Crippen LogP contribution in [0.1, 0.15) is 30.8 Å². The van der Waals surface area contributed by atoms with Gasteiger partial charge in [-0.3, -0.25) is 9.78 Å². The quantitative estimate of drug-likeness (QED) is 0.477. The molecule has 35 heavy (non-hydrogen) atoms. The summed E-state index contributed by atoms with van der Waals surface area (Å²) in [6, 6.07) is 14.7. The van der Waals surface area contributed by atoms with E-state index < -0.39 is 11.5 Å². The van der Waals surface area contributed by atoms with Gasteiger partial charge in [0, 0.05) is 36.5 Å². The molecule has 4 aromatic rings. The zero-order valence-electron chi connectivity index (χ0n) is 19.5. The molecule has 2 fully saturated rings. The molecule has 0 spiro atoms. The van der Waals surface area contributed by atoms with Gasteiger partial charge in [-0.1, -0.05) is 24.3 Å². The number of nitrogens with one attached hydrogen (secondary N) is 1. The van der Waals surface area contributed by atoms with Crippen LogP contribution in [-0.2, 0) is 11.2 Å². The number of aromatic amines is 1. The van der Waals surface area contributed by atoms with Crippen molar-refractivity contribution in [3.05, 3.63) is 76.4 Å². The fourth-order valence-electron chi connectivity index (χ4n) is 5.03. The van der Waals surface area contributed by atoms with Gasteiger partial charge in [-0.05, 0) is 67.5 Å². The fraction of sp³-hybridized carbons (Fsp3) is 0.333. The highest BCUT2D eigenvalue weighted by Crippen LogP contribution is 2.33. The van der Waals surface area contributed by atoms with Crippen LogP contribution in [0.4, 0.5) is 4.39 Å². The number of rotatable bonds is 5. The third-order valence-corrected chi connectivity index (χ3v) is 7.09. The van der Waals surface area contributed by atoms with E-state index in [0.717, 1.165) is 48.0 Å². The summed E-state index contributed by atoms with van der Waals surface area (Å²) in [5.74, 6) is 0.627. The Morgan fingerprint density at radius 2 is 1.86 bits per heavy atom. The Bertz CT molecular complexity index is 1500. The minimum Gasteiger partial charge on any atom is -0.342 e. The molecule has 2 aromatic carbocycles. The third-order valence-electron chi connectivity index (χ3n) is 7.09. The van der Waals surface area contributed by atoms with E-state index in [1.807, 2.05) is 48.2 Å². The lowest BCUT2D eigenvalue weighted by Crippen LogP contribution is -2.30. The summed E-state index contributed by atoms with van der Waals surface area (Å²) < 4.78 is 16.7. The van der Waals surface area contributed by atoms with Gasteiger partial charge in [0.25, 0.3) is 0 Å². The number of hydrogen-bond donors (Lipinski definition) is 1. The summed E-state index contributed by atoms with van der Waals surface area (Å²) in [6.07, 6.45) is 3.34. The molecule has 2 aliphatic rings. The van der Waals surface area contributed by atoms with Crippen LogP contribution in [0.15, 0.2) is 53.3 Å². The lowest BCUT2D eigenvalue weighted by Gasteiger charge is -2.16. The molecule has 1 aliphatic carbocycles. The number of carbonyl (C=O) groups excluding carboxylic acids is 1. The van der Waals surface area contributed by atoms with Crippen LogP contribution in [0, 0.1) is 24.6 Å². The number of aryl methyl sites for hydroxylation is 1. The number of amides is 1. The zero-order chi connectivity index (χ0) is 24.1. The standard InChI is InChI=1S/C27H26FN5O2/c1-16-2-3-18-4-7-21(14-23(18)29-16)20-8-9-24(22(28)13-20)33-25(30-31-27(33)35)12-17-10-11-32(15-17)26(34)19-5-6-19/h2-4,7-9,13-14,17,19H,5-6,10-12,15H2,1H3,(H,31,35). The first-order valence-electron chi connectivity index (χ1n) is 12.1. The normalized spacial score (nSPS) is 17.9. The Morgan fingerprint density at radius 1 is 1.09 bits per heavy atom. The lowest BCUT2D eigenvalue weighted by molar-refractivity contribution is -0.131. The topological polar surface area (TPSA) is 83.9 Å². The van der Waals surface area contributed by atoms with Crippen LogP contribution >= 0.6 is 0 Å². The van der Waals surface area contributed by atoms with Gasteiger partial charge in [0.05, 0.1) is 11.2 Å². The molecular formula is C27H26FN5O2. The second-order valence-electron chi connectivity index (χ2n) is 9.72. The maximum Gasteiger partial charge on any atom is 0.348 e. The number of pyridine rings is 1. The van der Waals surface area contributed by atoms with E-state index in [4.69, 9.17) is 0 Å². The van der Waals surface area contributed by atoms with Gasteiger partial charge in [-0.15, -0.1) is 0 Å². The summed E-state index contributed by atoms with van der Waals surface area (Å²) in [7, 11) is 0. The minimum absolute atomic E-state index is 0.168. The number of carbonyl (C=O) groups is 1. The molecule has 1 unspecified atom stereocenters. The van der Waals surface area contributed by atoms with E-state index >= 15 is 4.39 Å². The van der Waals surface area contributed by atoms with Gasteiger partial charge < -0.3 is 4.90 Å². The minimum atomic E-state index is -0.499. The predicted octanol–water partition coefficient (Wildman–Crippen LogP) is 4.02. The van der Waals surface area contributed by atoms with Crippen LogP contribution in [-0.4, -0.2) is 43.6 Å². The highest BCUT2D eigenvalue weighted by molar-refractivity contribution is 5.84. The monoisotopic (exact) mass is 471 g/mol. The molecule has 1 N–H and O–H groups in total. The number of H-pyrrole nitrogens is 1. The number of aromatic nitrogens is 4. The van der Waals surface area contributed by atoms with Crippen molar-refractivity contribution < 1.29 is 9.18 Å². The van der Waals surface area contributed by atoms with Crippen LogP contribution < -0.4 is 5.69 Å². The zero-order valence-corrected chi connectivity index (χ0v) is 19.5. The fourth-order valence-corrected chi connectivity index (χ4v) is 5.03. The van der Waals surface area contributed by atoms with Crippen molar-refractivity contribution in [3.63, 3.8) is 0 Å². The molecule has 2 aromatic heterocycles. The van der Waals surface area contributed by atoms with Crippen molar-refractivity contribution in [1.29, 1.82) is 0 Å². The van der Waals surface area contributed by atoms with E-state index in [9.17, 15) is 9.59 Å². The molecule has 6 rings (SSSR count). The van der Waals surface area contributed by atoms with E-state index in [1.54, 1.807) is 6.07 Å². The molecule has 7 nitrogen and oxygen atoms in total. The van der Waals surface area contributed by atoms with Crippen molar-refractivity contribution in [2.24, 2.45) is 11.8 Å². The molecule has 0 bridgehead atoms. The van der Waals surface area contributed by atoms with Gasteiger partial charge in [0.15, 0.2) is 0 Å². The third kappa shape index (κ3) is 4.13. The van der Waals surface area contributed by atoms with E-state index in [-0.39, 0.29) is 23.4 Å². The van der Waals surface area contributed by atoms with Crippen LogP contribution in [0.2, 0.25) is 0 Å². The Kier molecular flexibility index (Phi) is 5.24. The van der Waals surface area contributed by atoms with Crippen LogP contribution in [0.5, 0.6) is 0 Å². The van der Waals surface area contributed by atoms with E-state index in [2.05, 4.69) is 15.2 Å². The molecule has 1 saturated carbocycles. The van der Waals surface area contributed by atoms with Gasteiger partial charge in [-0.25, -0.2) is 18.9 Å². The highest BCUT2D eigenvalue weighted by atomic mass is 19.1. The van der Waals surface area contributed by atoms with Gasteiger partial charge in [0.2, 0.25) is 5.91 Å². The Balaban J connectivity index is 1.26. The first kappa shape index (κ1) is 21.7. The number of nitrogens with zero attached hydrogens (tertiary/aromatic N) is 4. The first-order chi connectivity index (χ1) is 17.0. The van der Waals surface area contributed by atoms with E-state index in [0.29, 0.717) is 24.4 Å². The maximum atomic E-state index is 15.3. The predicted molar refractivity (Wildman–Crippen MR) is 131 cm³/mol. The average Bonchev–Trinajstić information content (AvgIpc) is 3.50. The van der Waals surface area contributed by atoms with Crippen molar-refractivity contribution >= 4 is 16.8 Å². The van der Waals surface area contributed by atoms with Crippen molar-refractivity contribution in [3.8, 4) is 16.8 Å². The summed E-state index contributed by atoms with van der Waals surface area (Å²) in [5.41, 5.74) is 3.03. The molecule has 1 aliphatic heterocycles. The second-order valence-corrected chi connectivity index (χ2v) is 9.72. The van der Waals surface area contributed by atoms with Crippen molar-refractivity contribution in [2.75, 3.05) is 13.1 Å². The van der Waals surface area contributed by atoms with Crippen molar-refractivity contribution in [2.45, 2.75) is 32.6 Å². The molecule has 1 atom stereocenters. The summed E-state index contributed by atoms with van der Waals surface area (Å²) >= 11 is 0. The largest absolute Gasteiger partial charge is 0.348 e. The smallest absolute Gasteiger partial charge is 0.342 e. The molecule has 1 saturated heterocycles. The Morgan fingerprint density at radius 3 is 2.66 bits per heavy atom. The number of halogens is 1. The van der Waals surface area contributed by atoms with E-state index in [1.165, 1.54) is 10.6 Å². The summed E-state index contributed by atoms with van der Waals surface area (Å²) in [6.45, 7) is 3.33. The summed E-state index contributed by atoms with van der Waals surface area (Å²) in [5, 5.41) is 7.68. The SMILES string of the molecule is Cc1ccc2ccc(-c3ccc(-n4c(CC5CCN(C(=O)C6CC6)C5)n[nH]c4=O)c(F)c3)cc2n1. The number of likely N-dealkylation sites (tertiary alicyclic amines) is 1. The van der Waals surface area contributed by atoms with Gasteiger partial charge in [0.1, 0.15) is 11.6 Å². The molecule has 1 amide bonds. The number of hydrogen-bond acceptors (Lipinski definition) is 4. The molecule has 178 valence electrons. The molecule has 8 heteroatoms. The Hall–Kier alpha value is -3.81. The average molecular weight is 472 g/mol. The van der Waals surface area contributed by atoms with Gasteiger partial charge >= 0.3 is 5.69 Å². The maximum absolute atomic E-state index is 15.3. The Labute approximate surface area is 201 Å². The molecular weight excluding hydrogens is 445 g/mol. The molecule has 0 radical (unpaired) electrons. The number of benzene rings is 2. The van der Waals surface area contributed by atoms with Crippen LogP contribution in [0.25, 0.3) is 27.7 Å². The highest BCUT2D eigenvalue weighted by Gasteiger charge is 2.37. The second kappa shape index (κ2) is 8.45. The first-order valence-corrected chi connectivity index (χ1v) is 12.1. The van der Waals surface area contributed by atoms with Crippen molar-refractivity contribution in [1.82, 2.24) is 24.6 Å². The number of fused-ring (bicyclic) bond motifs is 1. The molecule has 3 heterocycles. The van der Waals surface area contributed by atoms with Crippen LogP contribution in [0.3, 0.4) is 0 Å². The summed E-state index contributed by atoms with van der Waals surface area (Å²) in [4.78, 5) is 31.4.